The minimum absolute atomic E-state index is 0.190. The van der Waals surface area contributed by atoms with Crippen molar-refractivity contribution in [2.75, 3.05) is 13.1 Å². The van der Waals surface area contributed by atoms with Crippen molar-refractivity contribution in [1.82, 2.24) is 9.88 Å². The number of carboxylic acids is 1. The van der Waals surface area contributed by atoms with Crippen LogP contribution in [-0.4, -0.2) is 40.2 Å². The van der Waals surface area contributed by atoms with E-state index in [9.17, 15) is 4.79 Å². The van der Waals surface area contributed by atoms with Crippen LogP contribution < -0.4 is 4.74 Å². The van der Waals surface area contributed by atoms with Crippen molar-refractivity contribution in [2.24, 2.45) is 17.8 Å². The lowest BCUT2D eigenvalue weighted by atomic mass is 9.80. The van der Waals surface area contributed by atoms with Crippen molar-refractivity contribution < 1.29 is 14.6 Å². The Morgan fingerprint density at radius 2 is 1.83 bits per heavy atom. The third-order valence-electron chi connectivity index (χ3n) is 7.01. The number of hydrogen-bond acceptors (Lipinski definition) is 4. The first-order valence-corrected chi connectivity index (χ1v) is 11.5. The van der Waals surface area contributed by atoms with Gasteiger partial charge in [-0.3, -0.25) is 14.7 Å². The molecule has 1 aromatic carbocycles. The van der Waals surface area contributed by atoms with E-state index in [4.69, 9.17) is 14.8 Å². The smallest absolute Gasteiger partial charge is 0.306 e. The molecule has 2 aromatic rings. The summed E-state index contributed by atoms with van der Waals surface area (Å²) in [6, 6.07) is 10.4. The zero-order valence-electron chi connectivity index (χ0n) is 18.2. The maximum atomic E-state index is 11.1. The van der Waals surface area contributed by atoms with Crippen molar-refractivity contribution in [3.05, 3.63) is 36.0 Å². The van der Waals surface area contributed by atoms with Crippen LogP contribution in [0, 0.1) is 17.8 Å². The van der Waals surface area contributed by atoms with Crippen LogP contribution in [-0.2, 0) is 11.3 Å². The minimum atomic E-state index is -0.663. The number of aromatic nitrogens is 1. The standard InChI is InChI=1S/C25H34N2O3/c1-17(2)18-4-7-22(8-5-18)30-23-9-10-24-20(15-23)3-6-21(26-24)16-27-13-11-19(12-14-27)25(28)29/h3,6,9-10,15,17-19,22H,4-5,7-8,11-14,16H2,1-2H3,(H,28,29)/t18-,22+. The Hall–Kier alpha value is -2.14. The van der Waals surface area contributed by atoms with Gasteiger partial charge in [-0.05, 0) is 87.7 Å². The summed E-state index contributed by atoms with van der Waals surface area (Å²) in [6.45, 7) is 7.08. The number of carboxylic acid groups (broad SMARTS) is 1. The van der Waals surface area contributed by atoms with Gasteiger partial charge in [-0.1, -0.05) is 19.9 Å². The van der Waals surface area contributed by atoms with Crippen LogP contribution in [0.1, 0.15) is 58.1 Å². The van der Waals surface area contributed by atoms with E-state index in [0.717, 1.165) is 79.5 Å². The first-order valence-electron chi connectivity index (χ1n) is 11.5. The number of benzene rings is 1. The zero-order chi connectivity index (χ0) is 21.1. The number of rotatable bonds is 6. The lowest BCUT2D eigenvalue weighted by Gasteiger charge is -2.31. The molecule has 0 atom stereocenters. The summed E-state index contributed by atoms with van der Waals surface area (Å²) in [5.74, 6) is 1.71. The fourth-order valence-corrected chi connectivity index (χ4v) is 4.94. The van der Waals surface area contributed by atoms with Crippen molar-refractivity contribution in [3.63, 3.8) is 0 Å². The van der Waals surface area contributed by atoms with E-state index < -0.39 is 5.97 Å². The maximum absolute atomic E-state index is 11.1. The summed E-state index contributed by atoms with van der Waals surface area (Å²) >= 11 is 0. The number of nitrogens with zero attached hydrogens (tertiary/aromatic N) is 2. The van der Waals surface area contributed by atoms with Gasteiger partial charge >= 0.3 is 5.97 Å². The Bertz CT molecular complexity index is 866. The Labute approximate surface area is 179 Å². The van der Waals surface area contributed by atoms with Crippen LogP contribution in [0.2, 0.25) is 0 Å². The molecule has 2 heterocycles. The molecule has 5 nitrogen and oxygen atoms in total. The Morgan fingerprint density at radius 1 is 1.10 bits per heavy atom. The van der Waals surface area contributed by atoms with Gasteiger partial charge in [-0.15, -0.1) is 0 Å². The first kappa shape index (κ1) is 21.1. The van der Waals surface area contributed by atoms with Crippen LogP contribution in [0.4, 0.5) is 0 Å². The summed E-state index contributed by atoms with van der Waals surface area (Å²) in [6.07, 6.45) is 6.62. The Morgan fingerprint density at radius 3 is 2.50 bits per heavy atom. The second-order valence-corrected chi connectivity index (χ2v) is 9.44. The fourth-order valence-electron chi connectivity index (χ4n) is 4.94. The highest BCUT2D eigenvalue weighted by atomic mass is 16.5. The molecule has 0 bridgehead atoms. The summed E-state index contributed by atoms with van der Waals surface area (Å²) in [5, 5.41) is 10.3. The molecule has 2 fully saturated rings. The molecule has 0 radical (unpaired) electrons. The number of likely N-dealkylation sites (tertiary alicyclic amines) is 1. The van der Waals surface area contributed by atoms with Gasteiger partial charge in [0.2, 0.25) is 0 Å². The molecule has 1 aliphatic carbocycles. The van der Waals surface area contributed by atoms with Gasteiger partial charge < -0.3 is 9.84 Å². The predicted molar refractivity (Wildman–Crippen MR) is 119 cm³/mol. The first-order chi connectivity index (χ1) is 14.5. The molecule has 5 heteroatoms. The third kappa shape index (κ3) is 5.12. The van der Waals surface area contributed by atoms with Gasteiger partial charge in [-0.25, -0.2) is 0 Å². The third-order valence-corrected chi connectivity index (χ3v) is 7.01. The van der Waals surface area contributed by atoms with Crippen LogP contribution in [0.15, 0.2) is 30.3 Å². The van der Waals surface area contributed by atoms with Crippen molar-refractivity contribution in [2.45, 2.75) is 65.0 Å². The average molecular weight is 411 g/mol. The Kier molecular flexibility index (Phi) is 6.57. The van der Waals surface area contributed by atoms with Crippen LogP contribution in [0.5, 0.6) is 5.75 Å². The van der Waals surface area contributed by atoms with E-state index in [2.05, 4.69) is 43.0 Å². The fraction of sp³-hybridized carbons (Fsp3) is 0.600. The van der Waals surface area contributed by atoms with E-state index in [0.29, 0.717) is 6.10 Å². The highest BCUT2D eigenvalue weighted by molar-refractivity contribution is 5.80. The second-order valence-electron chi connectivity index (χ2n) is 9.44. The summed E-state index contributed by atoms with van der Waals surface area (Å²) in [5.41, 5.74) is 2.03. The monoisotopic (exact) mass is 410 g/mol. The average Bonchev–Trinajstić information content (AvgIpc) is 2.74. The minimum Gasteiger partial charge on any atom is -0.490 e. The maximum Gasteiger partial charge on any atom is 0.306 e. The number of aliphatic carboxylic acids is 1. The number of piperidine rings is 1. The molecule has 1 N–H and O–H groups in total. The van der Waals surface area contributed by atoms with Gasteiger partial charge in [0.05, 0.1) is 23.2 Å². The van der Waals surface area contributed by atoms with E-state index in [1.54, 1.807) is 0 Å². The summed E-state index contributed by atoms with van der Waals surface area (Å²) in [4.78, 5) is 18.3. The van der Waals surface area contributed by atoms with Crippen molar-refractivity contribution in [3.8, 4) is 5.75 Å². The van der Waals surface area contributed by atoms with E-state index in [-0.39, 0.29) is 5.92 Å². The SMILES string of the molecule is CC(C)[C@H]1CC[C@@H](Oc2ccc3nc(CN4CCC(C(=O)O)CC4)ccc3c2)CC1. The molecule has 0 spiro atoms. The van der Waals surface area contributed by atoms with Gasteiger partial charge in [0, 0.05) is 11.9 Å². The molecule has 0 unspecified atom stereocenters. The van der Waals surface area contributed by atoms with Crippen LogP contribution in [0.3, 0.4) is 0 Å². The lowest BCUT2D eigenvalue weighted by molar-refractivity contribution is -0.143. The molecule has 1 aromatic heterocycles. The molecular formula is C25H34N2O3. The van der Waals surface area contributed by atoms with Crippen LogP contribution in [0.25, 0.3) is 10.9 Å². The highest BCUT2D eigenvalue weighted by Gasteiger charge is 2.25. The van der Waals surface area contributed by atoms with Gasteiger partial charge in [0.1, 0.15) is 5.75 Å². The van der Waals surface area contributed by atoms with Gasteiger partial charge in [0.25, 0.3) is 0 Å². The van der Waals surface area contributed by atoms with Crippen molar-refractivity contribution in [1.29, 1.82) is 0 Å². The molecule has 1 saturated heterocycles. The number of fused-ring (bicyclic) bond motifs is 1. The summed E-state index contributed by atoms with van der Waals surface area (Å²) < 4.78 is 6.29. The Balaban J connectivity index is 1.34. The highest BCUT2D eigenvalue weighted by Crippen LogP contribution is 2.32. The summed E-state index contributed by atoms with van der Waals surface area (Å²) in [7, 11) is 0. The zero-order valence-corrected chi connectivity index (χ0v) is 18.2. The molecule has 162 valence electrons. The quantitative estimate of drug-likeness (QED) is 0.716. The molecule has 1 aliphatic heterocycles. The van der Waals surface area contributed by atoms with E-state index in [1.807, 2.05) is 6.07 Å². The molecule has 4 rings (SSSR count). The predicted octanol–water partition coefficient (Wildman–Crippen LogP) is 5.13. The van der Waals surface area contributed by atoms with E-state index >= 15 is 0 Å². The van der Waals surface area contributed by atoms with Crippen LogP contribution >= 0.6 is 0 Å². The molecule has 30 heavy (non-hydrogen) atoms. The van der Waals surface area contributed by atoms with E-state index in [1.165, 1.54) is 12.8 Å². The largest absolute Gasteiger partial charge is 0.490 e. The molecule has 2 aliphatic rings. The molecule has 1 saturated carbocycles. The van der Waals surface area contributed by atoms with Gasteiger partial charge in [0.15, 0.2) is 0 Å². The van der Waals surface area contributed by atoms with Gasteiger partial charge in [-0.2, -0.15) is 0 Å². The number of ether oxygens (including phenoxy) is 1. The number of hydrogen-bond donors (Lipinski definition) is 1. The normalized spacial score (nSPS) is 23.7. The molecular weight excluding hydrogens is 376 g/mol. The molecule has 0 amide bonds. The topological polar surface area (TPSA) is 62.7 Å². The lowest BCUT2D eigenvalue weighted by Crippen LogP contribution is -2.36. The number of pyridine rings is 1. The number of carbonyl (C=O) groups is 1. The second kappa shape index (κ2) is 9.34. The van der Waals surface area contributed by atoms with Crippen molar-refractivity contribution >= 4 is 16.9 Å².